The quantitative estimate of drug-likeness (QED) is 0.896. The Morgan fingerprint density at radius 1 is 1.42 bits per heavy atom. The zero-order valence-electron chi connectivity index (χ0n) is 11.5. The van der Waals surface area contributed by atoms with Crippen molar-refractivity contribution in [2.45, 2.75) is 51.2 Å². The zero-order chi connectivity index (χ0) is 14.2. The van der Waals surface area contributed by atoms with Crippen LogP contribution in [0.2, 0.25) is 0 Å². The zero-order valence-corrected chi connectivity index (χ0v) is 13.1. The third kappa shape index (κ3) is 2.86. The van der Waals surface area contributed by atoms with Crippen molar-refractivity contribution in [1.29, 1.82) is 0 Å². The SMILES string of the molecule is Cc1csc(CO)c1S(=O)(=O)NC1CCC(C)C1C. The minimum atomic E-state index is -3.53. The van der Waals surface area contributed by atoms with E-state index in [4.69, 9.17) is 0 Å². The third-order valence-corrected chi connectivity index (χ3v) is 7.11. The molecule has 3 atom stereocenters. The van der Waals surface area contributed by atoms with Gasteiger partial charge in [-0.2, -0.15) is 0 Å². The molecule has 3 unspecified atom stereocenters. The fourth-order valence-corrected chi connectivity index (χ4v) is 5.77. The first kappa shape index (κ1) is 15.0. The number of hydrogen-bond donors (Lipinski definition) is 2. The van der Waals surface area contributed by atoms with Crippen LogP contribution in [0.4, 0.5) is 0 Å². The van der Waals surface area contributed by atoms with Gasteiger partial charge in [0, 0.05) is 6.04 Å². The number of aliphatic hydroxyl groups is 1. The van der Waals surface area contributed by atoms with E-state index in [-0.39, 0.29) is 17.5 Å². The molecule has 0 amide bonds. The second-order valence-corrected chi connectivity index (χ2v) is 8.09. The highest BCUT2D eigenvalue weighted by molar-refractivity contribution is 7.89. The number of aliphatic hydroxyl groups excluding tert-OH is 1. The molecule has 0 bridgehead atoms. The molecule has 0 aliphatic heterocycles. The van der Waals surface area contributed by atoms with Gasteiger partial charge in [0.25, 0.3) is 0 Å². The highest BCUT2D eigenvalue weighted by Crippen LogP contribution is 2.33. The molecule has 0 aromatic carbocycles. The van der Waals surface area contributed by atoms with E-state index >= 15 is 0 Å². The minimum absolute atomic E-state index is 0.00541. The van der Waals surface area contributed by atoms with Crippen LogP contribution in [0.25, 0.3) is 0 Å². The Labute approximate surface area is 118 Å². The van der Waals surface area contributed by atoms with Gasteiger partial charge >= 0.3 is 0 Å². The summed E-state index contributed by atoms with van der Waals surface area (Å²) < 4.78 is 27.8. The van der Waals surface area contributed by atoms with Crippen molar-refractivity contribution in [2.75, 3.05) is 0 Å². The summed E-state index contributed by atoms with van der Waals surface area (Å²) in [6.45, 7) is 5.79. The molecule has 0 radical (unpaired) electrons. The Morgan fingerprint density at radius 2 is 2.11 bits per heavy atom. The van der Waals surface area contributed by atoms with Crippen molar-refractivity contribution < 1.29 is 13.5 Å². The van der Waals surface area contributed by atoms with Crippen LogP contribution in [0, 0.1) is 18.8 Å². The van der Waals surface area contributed by atoms with Crippen LogP contribution in [0.5, 0.6) is 0 Å². The number of aryl methyl sites for hydroxylation is 1. The van der Waals surface area contributed by atoms with Gasteiger partial charge < -0.3 is 5.11 Å². The lowest BCUT2D eigenvalue weighted by molar-refractivity contribution is 0.282. The first-order valence-electron chi connectivity index (χ1n) is 6.57. The molecule has 0 spiro atoms. The predicted molar refractivity (Wildman–Crippen MR) is 76.7 cm³/mol. The number of nitrogens with one attached hydrogen (secondary N) is 1. The lowest BCUT2D eigenvalue weighted by Gasteiger charge is -2.20. The van der Waals surface area contributed by atoms with Crippen LogP contribution < -0.4 is 4.72 Å². The molecule has 1 saturated carbocycles. The molecule has 1 aliphatic rings. The summed E-state index contributed by atoms with van der Waals surface area (Å²) in [7, 11) is -3.53. The van der Waals surface area contributed by atoms with Crippen molar-refractivity contribution in [1.82, 2.24) is 4.72 Å². The van der Waals surface area contributed by atoms with Gasteiger partial charge in [-0.25, -0.2) is 13.1 Å². The molecule has 19 heavy (non-hydrogen) atoms. The number of hydrogen-bond acceptors (Lipinski definition) is 4. The highest BCUT2D eigenvalue weighted by Gasteiger charge is 2.34. The molecule has 1 aliphatic carbocycles. The molecule has 108 valence electrons. The first-order chi connectivity index (χ1) is 8.86. The molecular formula is C13H21NO3S2. The maximum absolute atomic E-state index is 12.5. The standard InChI is InChI=1S/C13H21NO3S2/c1-8-4-5-11(10(8)3)14-19(16,17)13-9(2)7-18-12(13)6-15/h7-8,10-11,14-15H,4-6H2,1-3H3. The number of thiophene rings is 1. The maximum atomic E-state index is 12.5. The van der Waals surface area contributed by atoms with Gasteiger partial charge in [-0.3, -0.25) is 0 Å². The summed E-state index contributed by atoms with van der Waals surface area (Å²) >= 11 is 1.29. The molecule has 2 rings (SSSR count). The van der Waals surface area contributed by atoms with E-state index in [1.807, 2.05) is 0 Å². The molecule has 1 aromatic heterocycles. The molecule has 1 aromatic rings. The van der Waals surface area contributed by atoms with E-state index in [1.54, 1.807) is 12.3 Å². The molecule has 1 fully saturated rings. The minimum Gasteiger partial charge on any atom is -0.391 e. The van der Waals surface area contributed by atoms with Crippen LogP contribution in [0.3, 0.4) is 0 Å². The van der Waals surface area contributed by atoms with Crippen LogP contribution in [0.15, 0.2) is 10.3 Å². The predicted octanol–water partition coefficient (Wildman–Crippen LogP) is 2.26. The van der Waals surface area contributed by atoms with Crippen LogP contribution in [0.1, 0.15) is 37.1 Å². The summed E-state index contributed by atoms with van der Waals surface area (Å²) in [6.07, 6.45) is 1.95. The molecule has 4 nitrogen and oxygen atoms in total. The summed E-state index contributed by atoms with van der Waals surface area (Å²) in [4.78, 5) is 0.787. The molecule has 6 heteroatoms. The average molecular weight is 303 g/mol. The Hall–Kier alpha value is -0.430. The highest BCUT2D eigenvalue weighted by atomic mass is 32.2. The van der Waals surface area contributed by atoms with Gasteiger partial charge in [-0.1, -0.05) is 13.8 Å². The van der Waals surface area contributed by atoms with Crippen LogP contribution >= 0.6 is 11.3 Å². The fraction of sp³-hybridized carbons (Fsp3) is 0.692. The van der Waals surface area contributed by atoms with Crippen molar-refractivity contribution in [3.8, 4) is 0 Å². The van der Waals surface area contributed by atoms with Gasteiger partial charge in [0.2, 0.25) is 10.0 Å². The van der Waals surface area contributed by atoms with Gasteiger partial charge in [-0.05, 0) is 42.5 Å². The summed E-state index contributed by atoms with van der Waals surface area (Å²) in [5.41, 5.74) is 0.709. The lowest BCUT2D eigenvalue weighted by atomic mass is 9.98. The van der Waals surface area contributed by atoms with E-state index in [2.05, 4.69) is 18.6 Å². The van der Waals surface area contributed by atoms with Crippen molar-refractivity contribution in [2.24, 2.45) is 11.8 Å². The number of sulfonamides is 1. The van der Waals surface area contributed by atoms with Crippen LogP contribution in [-0.2, 0) is 16.6 Å². The van der Waals surface area contributed by atoms with Gasteiger partial charge in [0.15, 0.2) is 0 Å². The fourth-order valence-electron chi connectivity index (χ4n) is 2.75. The van der Waals surface area contributed by atoms with Crippen molar-refractivity contribution in [3.63, 3.8) is 0 Å². The Kier molecular flexibility index (Phi) is 4.35. The van der Waals surface area contributed by atoms with E-state index in [0.717, 1.165) is 12.8 Å². The normalized spacial score (nSPS) is 27.9. The monoisotopic (exact) mass is 303 g/mol. The van der Waals surface area contributed by atoms with Gasteiger partial charge in [0.1, 0.15) is 4.90 Å². The lowest BCUT2D eigenvalue weighted by Crippen LogP contribution is -2.37. The Balaban J connectivity index is 2.26. The van der Waals surface area contributed by atoms with E-state index in [0.29, 0.717) is 22.3 Å². The summed E-state index contributed by atoms with van der Waals surface area (Å²) in [5.74, 6) is 0.903. The Bertz CT molecular complexity index is 550. The summed E-state index contributed by atoms with van der Waals surface area (Å²) in [5, 5.41) is 11.0. The van der Waals surface area contributed by atoms with Crippen molar-refractivity contribution >= 4 is 21.4 Å². The van der Waals surface area contributed by atoms with E-state index in [9.17, 15) is 13.5 Å². The Morgan fingerprint density at radius 3 is 2.63 bits per heavy atom. The van der Waals surface area contributed by atoms with E-state index < -0.39 is 10.0 Å². The molecule has 2 N–H and O–H groups in total. The largest absolute Gasteiger partial charge is 0.391 e. The smallest absolute Gasteiger partial charge is 0.242 e. The number of rotatable bonds is 4. The third-order valence-electron chi connectivity index (χ3n) is 4.17. The van der Waals surface area contributed by atoms with Gasteiger partial charge in [-0.15, -0.1) is 11.3 Å². The second-order valence-electron chi connectivity index (χ2n) is 5.47. The first-order valence-corrected chi connectivity index (χ1v) is 8.93. The topological polar surface area (TPSA) is 66.4 Å². The second kappa shape index (κ2) is 5.52. The molecular weight excluding hydrogens is 282 g/mol. The summed E-state index contributed by atoms with van der Waals surface area (Å²) in [6, 6.07) is 0.00541. The van der Waals surface area contributed by atoms with Crippen LogP contribution in [-0.4, -0.2) is 19.6 Å². The molecule has 1 heterocycles. The average Bonchev–Trinajstić information content (AvgIpc) is 2.87. The molecule has 0 saturated heterocycles. The maximum Gasteiger partial charge on any atom is 0.242 e. The van der Waals surface area contributed by atoms with E-state index in [1.165, 1.54) is 11.3 Å². The van der Waals surface area contributed by atoms with Gasteiger partial charge in [0.05, 0.1) is 11.5 Å². The van der Waals surface area contributed by atoms with Crippen molar-refractivity contribution in [3.05, 3.63) is 15.8 Å².